The van der Waals surface area contributed by atoms with Gasteiger partial charge < -0.3 is 15.0 Å². The van der Waals surface area contributed by atoms with Gasteiger partial charge in [0, 0.05) is 22.6 Å². The number of nitrogens with one attached hydrogen (secondary N) is 2. The predicted molar refractivity (Wildman–Crippen MR) is 88.8 cm³/mol. The van der Waals surface area contributed by atoms with Crippen LogP contribution in [0.1, 0.15) is 11.4 Å². The van der Waals surface area contributed by atoms with E-state index in [1.807, 2.05) is 36.6 Å². The van der Waals surface area contributed by atoms with Gasteiger partial charge in [0.15, 0.2) is 0 Å². The van der Waals surface area contributed by atoms with Gasteiger partial charge in [-0.1, -0.05) is 17.7 Å². The molecule has 0 saturated heterocycles. The molecule has 0 atom stereocenters. The lowest BCUT2D eigenvalue weighted by molar-refractivity contribution is 0.262. The summed E-state index contributed by atoms with van der Waals surface area (Å²) < 4.78 is 1.95. The highest BCUT2D eigenvalue weighted by Gasteiger charge is 2.07. The van der Waals surface area contributed by atoms with Crippen LogP contribution in [0.3, 0.4) is 0 Å². The second-order valence-corrected chi connectivity index (χ2v) is 5.45. The number of nitrogens with zero attached hydrogens (tertiary/aromatic N) is 2. The number of amides is 2. The highest BCUT2D eigenvalue weighted by atomic mass is 35.5. The first kappa shape index (κ1) is 14.4. The number of aromatic nitrogens is 2. The molecule has 2 N–H and O–H groups in total. The number of urea groups is 1. The quantitative estimate of drug-likeness (QED) is 0.743. The Morgan fingerprint density at radius 2 is 1.91 bits per heavy atom. The number of carbonyl (C=O) groups excluding carboxylic acids is 1. The molecule has 0 saturated carbocycles. The van der Waals surface area contributed by atoms with Gasteiger partial charge in [-0.3, -0.25) is 0 Å². The molecule has 6 heteroatoms. The van der Waals surface area contributed by atoms with Gasteiger partial charge in [-0.25, -0.2) is 9.78 Å². The van der Waals surface area contributed by atoms with Crippen LogP contribution in [0.5, 0.6) is 0 Å². The van der Waals surface area contributed by atoms with Gasteiger partial charge in [0.25, 0.3) is 0 Å². The lowest BCUT2D eigenvalue weighted by Crippen LogP contribution is -2.19. The third-order valence-corrected chi connectivity index (χ3v) is 3.67. The first-order valence-electron chi connectivity index (χ1n) is 6.82. The molecule has 0 unspecified atom stereocenters. The molecule has 0 aliphatic heterocycles. The fourth-order valence-electron chi connectivity index (χ4n) is 2.21. The molecule has 112 valence electrons. The van der Waals surface area contributed by atoms with Crippen LogP contribution in [0.15, 0.2) is 42.6 Å². The minimum Gasteiger partial charge on any atom is -0.308 e. The Morgan fingerprint density at radius 3 is 2.68 bits per heavy atom. The minimum atomic E-state index is -0.323. The number of benzene rings is 1. The Hall–Kier alpha value is -2.53. The first-order valence-corrected chi connectivity index (χ1v) is 7.19. The number of hydrogen-bond acceptors (Lipinski definition) is 2. The Balaban J connectivity index is 1.77. The lowest BCUT2D eigenvalue weighted by atomic mass is 10.3. The SMILES string of the molecule is Cc1nc2ccc(NC(=O)Nc3cccc(Cl)c3)cn2c1C. The van der Waals surface area contributed by atoms with Crippen molar-refractivity contribution < 1.29 is 4.79 Å². The summed E-state index contributed by atoms with van der Waals surface area (Å²) in [6.45, 7) is 3.95. The number of pyridine rings is 1. The molecular weight excluding hydrogens is 300 g/mol. The molecule has 5 nitrogen and oxygen atoms in total. The van der Waals surface area contributed by atoms with Gasteiger partial charge in [0.05, 0.1) is 11.4 Å². The second kappa shape index (κ2) is 5.69. The number of carbonyl (C=O) groups is 1. The smallest absolute Gasteiger partial charge is 0.308 e. The van der Waals surface area contributed by atoms with E-state index in [-0.39, 0.29) is 6.03 Å². The first-order chi connectivity index (χ1) is 10.5. The molecule has 0 aliphatic carbocycles. The summed E-state index contributed by atoms with van der Waals surface area (Å²) >= 11 is 5.89. The number of fused-ring (bicyclic) bond motifs is 1. The number of anilines is 2. The van der Waals surface area contributed by atoms with Crippen LogP contribution in [0.25, 0.3) is 5.65 Å². The lowest BCUT2D eigenvalue weighted by Gasteiger charge is -2.08. The monoisotopic (exact) mass is 314 g/mol. The predicted octanol–water partition coefficient (Wildman–Crippen LogP) is 4.25. The highest BCUT2D eigenvalue weighted by molar-refractivity contribution is 6.30. The zero-order valence-corrected chi connectivity index (χ0v) is 13.0. The molecule has 0 fully saturated rings. The van der Waals surface area contributed by atoms with E-state index in [2.05, 4.69) is 15.6 Å². The van der Waals surface area contributed by atoms with Crippen LogP contribution in [0.2, 0.25) is 5.02 Å². The third-order valence-electron chi connectivity index (χ3n) is 3.43. The Morgan fingerprint density at radius 1 is 1.14 bits per heavy atom. The van der Waals surface area contributed by atoms with E-state index in [0.717, 1.165) is 17.0 Å². The van der Waals surface area contributed by atoms with E-state index >= 15 is 0 Å². The third kappa shape index (κ3) is 2.89. The molecule has 3 aromatic rings. The summed E-state index contributed by atoms with van der Waals surface area (Å²) in [6, 6.07) is 10.4. The Kier molecular flexibility index (Phi) is 3.73. The van der Waals surface area contributed by atoms with Crippen LogP contribution in [0, 0.1) is 13.8 Å². The number of rotatable bonds is 2. The average molecular weight is 315 g/mol. The van der Waals surface area contributed by atoms with Crippen molar-refractivity contribution in [2.45, 2.75) is 13.8 Å². The maximum absolute atomic E-state index is 12.0. The second-order valence-electron chi connectivity index (χ2n) is 5.02. The molecule has 2 aromatic heterocycles. The van der Waals surface area contributed by atoms with Crippen molar-refractivity contribution in [3.05, 3.63) is 59.0 Å². The summed E-state index contributed by atoms with van der Waals surface area (Å²) in [5.41, 5.74) is 4.21. The van der Waals surface area contributed by atoms with Crippen molar-refractivity contribution in [2.24, 2.45) is 0 Å². The molecule has 0 aliphatic rings. The molecule has 2 heterocycles. The van der Waals surface area contributed by atoms with Crippen LogP contribution in [0.4, 0.5) is 16.2 Å². The van der Waals surface area contributed by atoms with E-state index in [1.165, 1.54) is 0 Å². The molecular formula is C16H15ClN4O. The normalized spacial score (nSPS) is 10.7. The summed E-state index contributed by atoms with van der Waals surface area (Å²) in [6.07, 6.45) is 1.85. The molecule has 1 aromatic carbocycles. The minimum absolute atomic E-state index is 0.323. The van der Waals surface area contributed by atoms with Gasteiger partial charge in [-0.2, -0.15) is 0 Å². The average Bonchev–Trinajstić information content (AvgIpc) is 2.74. The topological polar surface area (TPSA) is 58.4 Å². The molecule has 22 heavy (non-hydrogen) atoms. The highest BCUT2D eigenvalue weighted by Crippen LogP contribution is 2.17. The summed E-state index contributed by atoms with van der Waals surface area (Å²) in [7, 11) is 0. The van der Waals surface area contributed by atoms with Gasteiger partial charge in [-0.05, 0) is 44.2 Å². The van der Waals surface area contributed by atoms with Crippen molar-refractivity contribution in [1.82, 2.24) is 9.38 Å². The van der Waals surface area contributed by atoms with E-state index in [4.69, 9.17) is 11.6 Å². The molecule has 0 spiro atoms. The number of aryl methyl sites for hydroxylation is 2. The molecule has 0 bridgehead atoms. The zero-order valence-electron chi connectivity index (χ0n) is 12.2. The van der Waals surface area contributed by atoms with Crippen LogP contribution < -0.4 is 10.6 Å². The van der Waals surface area contributed by atoms with E-state index < -0.39 is 0 Å². The molecule has 0 radical (unpaired) electrons. The largest absolute Gasteiger partial charge is 0.323 e. The van der Waals surface area contributed by atoms with Crippen molar-refractivity contribution in [3.63, 3.8) is 0 Å². The van der Waals surface area contributed by atoms with Gasteiger partial charge in [0.1, 0.15) is 5.65 Å². The van der Waals surface area contributed by atoms with E-state index in [9.17, 15) is 4.79 Å². The molecule has 2 amide bonds. The fourth-order valence-corrected chi connectivity index (χ4v) is 2.40. The Bertz CT molecular complexity index is 856. The van der Waals surface area contributed by atoms with Gasteiger partial charge in [0.2, 0.25) is 0 Å². The number of hydrogen-bond donors (Lipinski definition) is 2. The van der Waals surface area contributed by atoms with Crippen LogP contribution >= 0.6 is 11.6 Å². The van der Waals surface area contributed by atoms with E-state index in [0.29, 0.717) is 16.4 Å². The van der Waals surface area contributed by atoms with Crippen molar-refractivity contribution in [1.29, 1.82) is 0 Å². The van der Waals surface area contributed by atoms with Gasteiger partial charge >= 0.3 is 6.03 Å². The van der Waals surface area contributed by atoms with Crippen molar-refractivity contribution >= 4 is 34.7 Å². The Labute approximate surface area is 132 Å². The maximum Gasteiger partial charge on any atom is 0.323 e. The number of halogens is 1. The number of imidazole rings is 1. The van der Waals surface area contributed by atoms with Crippen LogP contribution in [-0.2, 0) is 0 Å². The van der Waals surface area contributed by atoms with Crippen molar-refractivity contribution in [3.8, 4) is 0 Å². The van der Waals surface area contributed by atoms with Crippen molar-refractivity contribution in [2.75, 3.05) is 10.6 Å². The summed E-state index contributed by atoms with van der Waals surface area (Å²) in [5.74, 6) is 0. The molecule has 3 rings (SSSR count). The van der Waals surface area contributed by atoms with Crippen LogP contribution in [-0.4, -0.2) is 15.4 Å². The van der Waals surface area contributed by atoms with E-state index in [1.54, 1.807) is 24.3 Å². The maximum atomic E-state index is 12.0. The summed E-state index contributed by atoms with van der Waals surface area (Å²) in [4.78, 5) is 16.5. The van der Waals surface area contributed by atoms with Gasteiger partial charge in [-0.15, -0.1) is 0 Å². The summed E-state index contributed by atoms with van der Waals surface area (Å²) in [5, 5.41) is 6.11. The standard InChI is InChI=1S/C16H15ClN4O/c1-10-11(2)21-9-14(6-7-15(21)18-10)20-16(22)19-13-5-3-4-12(17)8-13/h3-9H,1-2H3,(H2,19,20,22). The fraction of sp³-hybridized carbons (Fsp3) is 0.125. The zero-order chi connectivity index (χ0) is 15.7.